The largest absolute Gasteiger partial charge is 0.394 e. The average molecular weight is 193 g/mol. The minimum atomic E-state index is -1.86. The number of azide groups is 1. The minimum Gasteiger partial charge on any atom is -0.394 e. The van der Waals surface area contributed by atoms with Crippen LogP contribution in [0.4, 0.5) is 0 Å². The highest BCUT2D eigenvalue weighted by molar-refractivity contribution is 4.79. The molecule has 0 aliphatic carbocycles. The van der Waals surface area contributed by atoms with E-state index in [4.69, 9.17) is 31.1 Å². The van der Waals surface area contributed by atoms with Crippen molar-refractivity contribution < 1.29 is 25.5 Å². The van der Waals surface area contributed by atoms with E-state index in [0.29, 0.717) is 0 Å². The Hall–Kier alpha value is -0.890. The maximum Gasteiger partial charge on any atom is 0.161 e. The lowest BCUT2D eigenvalue weighted by atomic mass is 10.1. The molecule has 0 aromatic heterocycles. The Morgan fingerprint density at radius 3 is 2.08 bits per heavy atom. The summed E-state index contributed by atoms with van der Waals surface area (Å²) in [5.74, 6) is 0. The van der Waals surface area contributed by atoms with Crippen molar-refractivity contribution in [3.8, 4) is 0 Å². The second kappa shape index (κ2) is 5.70. The summed E-state index contributed by atoms with van der Waals surface area (Å²) in [5, 5.41) is 46.6. The van der Waals surface area contributed by atoms with Crippen LogP contribution in [0.1, 0.15) is 0 Å². The zero-order chi connectivity index (χ0) is 10.4. The Labute approximate surface area is 73.3 Å². The van der Waals surface area contributed by atoms with Crippen LogP contribution in [-0.4, -0.2) is 56.7 Å². The van der Waals surface area contributed by atoms with E-state index in [-0.39, 0.29) is 0 Å². The van der Waals surface area contributed by atoms with E-state index in [0.717, 1.165) is 0 Å². The molecule has 0 amide bonds. The normalized spacial score (nSPS) is 19.8. The lowest BCUT2D eigenvalue weighted by Crippen LogP contribution is -2.45. The van der Waals surface area contributed by atoms with Gasteiger partial charge in [0.05, 0.1) is 6.61 Å². The van der Waals surface area contributed by atoms with E-state index in [1.54, 1.807) is 0 Å². The van der Waals surface area contributed by atoms with Crippen LogP contribution >= 0.6 is 0 Å². The van der Waals surface area contributed by atoms with Gasteiger partial charge >= 0.3 is 0 Å². The Balaban J connectivity index is 4.23. The molecule has 0 bridgehead atoms. The quantitative estimate of drug-likeness (QED) is 0.189. The van der Waals surface area contributed by atoms with Gasteiger partial charge in [-0.1, -0.05) is 5.11 Å². The van der Waals surface area contributed by atoms with Gasteiger partial charge in [0.1, 0.15) is 18.3 Å². The Morgan fingerprint density at radius 1 is 1.15 bits per heavy atom. The molecule has 0 saturated carbocycles. The van der Waals surface area contributed by atoms with Crippen molar-refractivity contribution in [1.29, 1.82) is 0 Å². The molecule has 0 fully saturated rings. The Bertz CT molecular complexity index is 195. The van der Waals surface area contributed by atoms with Gasteiger partial charge in [-0.3, -0.25) is 0 Å². The lowest BCUT2D eigenvalue weighted by molar-refractivity contribution is -0.113. The van der Waals surface area contributed by atoms with Crippen molar-refractivity contribution in [2.75, 3.05) is 6.61 Å². The second-order valence-corrected chi connectivity index (χ2v) is 2.35. The van der Waals surface area contributed by atoms with Gasteiger partial charge in [-0.15, -0.1) is 0 Å². The van der Waals surface area contributed by atoms with Gasteiger partial charge in [0.15, 0.2) is 6.23 Å². The molecule has 0 radical (unpaired) electrons. The molecule has 0 aromatic carbocycles. The van der Waals surface area contributed by atoms with E-state index in [2.05, 4.69) is 10.0 Å². The number of nitrogens with zero attached hydrogens (tertiary/aromatic N) is 3. The van der Waals surface area contributed by atoms with Gasteiger partial charge in [-0.05, 0) is 5.53 Å². The summed E-state index contributed by atoms with van der Waals surface area (Å²) in [7, 11) is 0. The number of aliphatic hydroxyl groups excluding tert-OH is 5. The van der Waals surface area contributed by atoms with Crippen LogP contribution in [0.3, 0.4) is 0 Å². The van der Waals surface area contributed by atoms with E-state index in [1.807, 2.05) is 0 Å². The van der Waals surface area contributed by atoms with Gasteiger partial charge in [-0.25, -0.2) is 0 Å². The van der Waals surface area contributed by atoms with Crippen molar-refractivity contribution in [2.45, 2.75) is 24.5 Å². The fraction of sp³-hybridized carbons (Fsp3) is 1.00. The number of hydrogen-bond acceptors (Lipinski definition) is 6. The Kier molecular flexibility index (Phi) is 5.31. The summed E-state index contributed by atoms with van der Waals surface area (Å²) in [6.07, 6.45) is -7.07. The van der Waals surface area contributed by atoms with E-state index < -0.39 is 31.1 Å². The molecule has 8 heteroatoms. The van der Waals surface area contributed by atoms with Crippen LogP contribution in [0.5, 0.6) is 0 Å². The summed E-state index contributed by atoms with van der Waals surface area (Å²) in [4.78, 5) is 2.18. The summed E-state index contributed by atoms with van der Waals surface area (Å²) in [6, 6.07) is 0. The monoisotopic (exact) mass is 193 g/mol. The summed E-state index contributed by atoms with van der Waals surface area (Å²) >= 11 is 0. The molecule has 4 atom stereocenters. The van der Waals surface area contributed by atoms with Gasteiger partial charge in [0.25, 0.3) is 0 Å². The first-order chi connectivity index (χ1) is 6.04. The van der Waals surface area contributed by atoms with Crippen LogP contribution in [0, 0.1) is 0 Å². The van der Waals surface area contributed by atoms with Crippen molar-refractivity contribution in [2.24, 2.45) is 5.11 Å². The fourth-order valence-corrected chi connectivity index (χ4v) is 0.633. The third-order valence-electron chi connectivity index (χ3n) is 1.41. The molecule has 0 aliphatic rings. The summed E-state index contributed by atoms with van der Waals surface area (Å²) in [6.45, 7) is -0.777. The van der Waals surface area contributed by atoms with Gasteiger partial charge < -0.3 is 25.5 Å². The molecule has 0 rings (SSSR count). The first-order valence-corrected chi connectivity index (χ1v) is 3.42. The summed E-state index contributed by atoms with van der Waals surface area (Å²) < 4.78 is 0. The lowest BCUT2D eigenvalue weighted by Gasteiger charge is -2.22. The first-order valence-electron chi connectivity index (χ1n) is 3.42. The molecule has 0 heterocycles. The predicted molar refractivity (Wildman–Crippen MR) is 40.3 cm³/mol. The van der Waals surface area contributed by atoms with Gasteiger partial charge in [0.2, 0.25) is 0 Å². The molecule has 0 aliphatic heterocycles. The number of rotatable bonds is 5. The van der Waals surface area contributed by atoms with Gasteiger partial charge in [-0.2, -0.15) is 0 Å². The molecule has 0 aromatic rings. The topological polar surface area (TPSA) is 150 Å². The van der Waals surface area contributed by atoms with Gasteiger partial charge in [0, 0.05) is 4.91 Å². The molecular formula is C5H11N3O5. The third-order valence-corrected chi connectivity index (χ3v) is 1.41. The average Bonchev–Trinajstić information content (AvgIpc) is 2.14. The van der Waals surface area contributed by atoms with Crippen LogP contribution in [0.2, 0.25) is 0 Å². The third kappa shape index (κ3) is 3.55. The molecule has 76 valence electrons. The molecular weight excluding hydrogens is 182 g/mol. The molecule has 8 nitrogen and oxygen atoms in total. The van der Waals surface area contributed by atoms with Crippen molar-refractivity contribution in [3.05, 3.63) is 10.4 Å². The minimum absolute atomic E-state index is 0.777. The standard InChI is InChI=1S/C5H11N3O5/c6-8-7-5(13)4(12)3(11)2(10)1-9/h2-5,9-13H,1H2/t2?,3-,4?,5?/m0/s1. The first kappa shape index (κ1) is 12.1. The van der Waals surface area contributed by atoms with E-state index >= 15 is 0 Å². The molecule has 5 N–H and O–H groups in total. The number of hydrogen-bond donors (Lipinski definition) is 5. The Morgan fingerprint density at radius 2 is 1.69 bits per heavy atom. The van der Waals surface area contributed by atoms with Crippen LogP contribution in [0.25, 0.3) is 10.4 Å². The molecule has 0 spiro atoms. The number of aliphatic hydroxyl groups is 5. The van der Waals surface area contributed by atoms with Crippen LogP contribution < -0.4 is 0 Å². The summed E-state index contributed by atoms with van der Waals surface area (Å²) in [5.41, 5.74) is 7.86. The highest BCUT2D eigenvalue weighted by Crippen LogP contribution is 2.05. The van der Waals surface area contributed by atoms with E-state index in [1.165, 1.54) is 0 Å². The van der Waals surface area contributed by atoms with Crippen molar-refractivity contribution in [3.63, 3.8) is 0 Å². The maximum absolute atomic E-state index is 8.98. The second-order valence-electron chi connectivity index (χ2n) is 2.35. The highest BCUT2D eigenvalue weighted by Gasteiger charge is 2.29. The highest BCUT2D eigenvalue weighted by atomic mass is 16.4. The van der Waals surface area contributed by atoms with E-state index in [9.17, 15) is 0 Å². The zero-order valence-electron chi connectivity index (χ0n) is 6.59. The maximum atomic E-state index is 8.98. The smallest absolute Gasteiger partial charge is 0.161 e. The fourth-order valence-electron chi connectivity index (χ4n) is 0.633. The molecule has 3 unspecified atom stereocenters. The SMILES string of the molecule is [N-]=[N+]=NC(O)C(O)[C@@H](O)C(O)CO. The van der Waals surface area contributed by atoms with Crippen LogP contribution in [0.15, 0.2) is 5.11 Å². The predicted octanol–water partition coefficient (Wildman–Crippen LogP) is -2.31. The van der Waals surface area contributed by atoms with Crippen LogP contribution in [-0.2, 0) is 0 Å². The zero-order valence-corrected chi connectivity index (χ0v) is 6.59. The van der Waals surface area contributed by atoms with Crippen molar-refractivity contribution >= 4 is 0 Å². The molecule has 0 saturated heterocycles. The van der Waals surface area contributed by atoms with Crippen molar-refractivity contribution in [1.82, 2.24) is 0 Å². The molecule has 13 heavy (non-hydrogen) atoms.